The van der Waals surface area contributed by atoms with Gasteiger partial charge in [-0.1, -0.05) is 6.07 Å². The largest absolute Gasteiger partial charge is 0.269 e. The van der Waals surface area contributed by atoms with Crippen LogP contribution in [0.3, 0.4) is 0 Å². The second-order valence-electron chi connectivity index (χ2n) is 4.35. The molecule has 0 radical (unpaired) electrons. The van der Waals surface area contributed by atoms with Crippen LogP contribution in [0.5, 0.6) is 0 Å². The van der Waals surface area contributed by atoms with Crippen LogP contribution >= 0.6 is 11.3 Å². The second kappa shape index (κ2) is 4.07. The fourth-order valence-electron chi connectivity index (χ4n) is 1.96. The number of hydrogen-bond donors (Lipinski definition) is 0. The number of aromatic nitrogens is 2. The van der Waals surface area contributed by atoms with E-state index in [1.807, 2.05) is 43.6 Å². The van der Waals surface area contributed by atoms with Gasteiger partial charge in [0.1, 0.15) is 5.65 Å². The molecule has 0 saturated carbocycles. The third kappa shape index (κ3) is 1.75. The van der Waals surface area contributed by atoms with Crippen molar-refractivity contribution in [1.82, 2.24) is 9.38 Å². The van der Waals surface area contributed by atoms with Crippen LogP contribution in [0, 0.1) is 13.8 Å². The third-order valence-electron chi connectivity index (χ3n) is 2.90. The molecule has 3 aromatic heterocycles. The summed E-state index contributed by atoms with van der Waals surface area (Å²) in [5.41, 5.74) is 3.62. The van der Waals surface area contributed by atoms with E-state index in [2.05, 4.69) is 4.98 Å². The molecular weight excluding hydrogens is 244 g/mol. The van der Waals surface area contributed by atoms with Crippen molar-refractivity contribution in [2.45, 2.75) is 13.8 Å². The lowest BCUT2D eigenvalue weighted by molar-refractivity contribution is 1.04. The number of pyridine rings is 1. The lowest BCUT2D eigenvalue weighted by atomic mass is 10.2. The zero-order valence-corrected chi connectivity index (χ0v) is 11.0. The van der Waals surface area contributed by atoms with Crippen LogP contribution in [0.15, 0.2) is 40.6 Å². The molecular formula is C14H12N2OS. The minimum atomic E-state index is -0.0356. The van der Waals surface area contributed by atoms with E-state index in [0.29, 0.717) is 5.65 Å². The highest BCUT2D eigenvalue weighted by molar-refractivity contribution is 7.13. The van der Waals surface area contributed by atoms with Crippen LogP contribution < -0.4 is 5.56 Å². The van der Waals surface area contributed by atoms with Crippen molar-refractivity contribution in [2.24, 2.45) is 0 Å². The van der Waals surface area contributed by atoms with E-state index >= 15 is 0 Å². The van der Waals surface area contributed by atoms with Crippen molar-refractivity contribution in [3.63, 3.8) is 0 Å². The molecule has 4 heteroatoms. The number of nitrogens with zero attached hydrogens (tertiary/aromatic N) is 2. The van der Waals surface area contributed by atoms with E-state index in [9.17, 15) is 4.79 Å². The van der Waals surface area contributed by atoms with Crippen LogP contribution in [0.25, 0.3) is 16.2 Å². The molecule has 0 unspecified atom stereocenters. The van der Waals surface area contributed by atoms with Gasteiger partial charge in [0.05, 0.1) is 10.6 Å². The molecule has 0 atom stereocenters. The first kappa shape index (κ1) is 11.2. The predicted molar refractivity (Wildman–Crippen MR) is 74.2 cm³/mol. The van der Waals surface area contributed by atoms with E-state index in [1.54, 1.807) is 21.8 Å². The minimum absolute atomic E-state index is 0.0356. The minimum Gasteiger partial charge on any atom is -0.269 e. The molecule has 3 heterocycles. The molecule has 3 rings (SSSR count). The summed E-state index contributed by atoms with van der Waals surface area (Å²) in [7, 11) is 0. The number of rotatable bonds is 1. The summed E-state index contributed by atoms with van der Waals surface area (Å²) in [5.74, 6) is 0. The summed E-state index contributed by atoms with van der Waals surface area (Å²) in [6, 6.07) is 7.49. The zero-order valence-electron chi connectivity index (χ0n) is 10.2. The average molecular weight is 256 g/mol. The molecule has 90 valence electrons. The van der Waals surface area contributed by atoms with Gasteiger partial charge in [-0.15, -0.1) is 11.3 Å². The van der Waals surface area contributed by atoms with Crippen LogP contribution in [0.2, 0.25) is 0 Å². The Morgan fingerprint density at radius 1 is 1.22 bits per heavy atom. The van der Waals surface area contributed by atoms with Gasteiger partial charge in [-0.05, 0) is 42.5 Å². The molecule has 0 aliphatic carbocycles. The van der Waals surface area contributed by atoms with Gasteiger partial charge in [-0.25, -0.2) is 4.98 Å². The summed E-state index contributed by atoms with van der Waals surface area (Å²) in [4.78, 5) is 17.7. The molecule has 0 spiro atoms. The fourth-order valence-corrected chi connectivity index (χ4v) is 2.85. The van der Waals surface area contributed by atoms with Crippen LogP contribution in [-0.4, -0.2) is 9.38 Å². The lowest BCUT2D eigenvalue weighted by Crippen LogP contribution is -2.14. The van der Waals surface area contributed by atoms with Gasteiger partial charge in [-0.2, -0.15) is 0 Å². The molecule has 0 fully saturated rings. The van der Waals surface area contributed by atoms with Gasteiger partial charge in [0.15, 0.2) is 0 Å². The second-order valence-corrected chi connectivity index (χ2v) is 5.26. The van der Waals surface area contributed by atoms with Gasteiger partial charge < -0.3 is 0 Å². The normalized spacial score (nSPS) is 11.0. The first-order valence-electron chi connectivity index (χ1n) is 5.70. The van der Waals surface area contributed by atoms with Crippen molar-refractivity contribution in [1.29, 1.82) is 0 Å². The Labute approximate surface area is 108 Å². The van der Waals surface area contributed by atoms with E-state index < -0.39 is 0 Å². The number of fused-ring (bicyclic) bond motifs is 1. The Kier molecular flexibility index (Phi) is 2.52. The van der Waals surface area contributed by atoms with Gasteiger partial charge in [0, 0.05) is 12.3 Å². The maximum Gasteiger partial charge on any atom is 0.258 e. The highest BCUT2D eigenvalue weighted by Gasteiger charge is 2.08. The molecule has 0 bridgehead atoms. The molecule has 0 aliphatic heterocycles. The van der Waals surface area contributed by atoms with Gasteiger partial charge in [-0.3, -0.25) is 9.20 Å². The van der Waals surface area contributed by atoms with Crippen LogP contribution in [0.4, 0.5) is 0 Å². The molecule has 3 aromatic rings. The maximum atomic E-state index is 12.1. The summed E-state index contributed by atoms with van der Waals surface area (Å²) < 4.78 is 1.59. The number of thiophene rings is 1. The molecule has 0 aromatic carbocycles. The molecule has 3 nitrogen and oxygen atoms in total. The number of hydrogen-bond acceptors (Lipinski definition) is 3. The Hall–Kier alpha value is -1.94. The zero-order chi connectivity index (χ0) is 12.7. The van der Waals surface area contributed by atoms with E-state index in [-0.39, 0.29) is 5.56 Å². The van der Waals surface area contributed by atoms with E-state index in [1.165, 1.54) is 0 Å². The van der Waals surface area contributed by atoms with Crippen molar-refractivity contribution in [3.8, 4) is 10.6 Å². The quantitative estimate of drug-likeness (QED) is 0.670. The smallest absolute Gasteiger partial charge is 0.258 e. The third-order valence-corrected chi connectivity index (χ3v) is 3.94. The van der Waals surface area contributed by atoms with Gasteiger partial charge in [0.2, 0.25) is 0 Å². The van der Waals surface area contributed by atoms with Crippen molar-refractivity contribution < 1.29 is 0 Å². The number of aryl methyl sites for hydroxylation is 2. The first-order valence-corrected chi connectivity index (χ1v) is 6.57. The fraction of sp³-hybridized carbons (Fsp3) is 0.143. The Morgan fingerprint density at radius 3 is 2.78 bits per heavy atom. The Morgan fingerprint density at radius 2 is 2.06 bits per heavy atom. The Balaban J connectivity index is 2.32. The Bertz CT molecular complexity index is 786. The standard InChI is InChI=1S/C14H12N2OS/c1-9-3-4-12-15-11(7-13(17)16(12)8-9)14-10(2)5-6-18-14/h3-8H,1-2H3. The van der Waals surface area contributed by atoms with Gasteiger partial charge >= 0.3 is 0 Å². The monoisotopic (exact) mass is 256 g/mol. The maximum absolute atomic E-state index is 12.1. The SMILES string of the molecule is Cc1ccc2nc(-c3sccc3C)cc(=O)n2c1. The van der Waals surface area contributed by atoms with E-state index in [4.69, 9.17) is 0 Å². The van der Waals surface area contributed by atoms with Crippen molar-refractivity contribution in [2.75, 3.05) is 0 Å². The van der Waals surface area contributed by atoms with E-state index in [0.717, 1.165) is 21.7 Å². The van der Waals surface area contributed by atoms with Gasteiger partial charge in [0.25, 0.3) is 5.56 Å². The van der Waals surface area contributed by atoms with Crippen LogP contribution in [-0.2, 0) is 0 Å². The summed E-state index contributed by atoms with van der Waals surface area (Å²) in [5, 5.41) is 2.02. The summed E-state index contributed by atoms with van der Waals surface area (Å²) >= 11 is 1.61. The van der Waals surface area contributed by atoms with Crippen LogP contribution in [0.1, 0.15) is 11.1 Å². The molecule has 18 heavy (non-hydrogen) atoms. The molecule has 0 aliphatic rings. The molecule has 0 saturated heterocycles. The predicted octanol–water partition coefficient (Wildman–Crippen LogP) is 3.04. The molecule has 0 N–H and O–H groups in total. The topological polar surface area (TPSA) is 34.4 Å². The van der Waals surface area contributed by atoms with Crippen molar-refractivity contribution in [3.05, 3.63) is 57.3 Å². The molecule has 0 amide bonds. The highest BCUT2D eigenvalue weighted by Crippen LogP contribution is 2.26. The summed E-state index contributed by atoms with van der Waals surface area (Å²) in [6.45, 7) is 3.99. The van der Waals surface area contributed by atoms with Crippen molar-refractivity contribution >= 4 is 17.0 Å². The first-order chi connectivity index (χ1) is 8.65. The average Bonchev–Trinajstić information content (AvgIpc) is 2.76. The highest BCUT2D eigenvalue weighted by atomic mass is 32.1. The lowest BCUT2D eigenvalue weighted by Gasteiger charge is -2.04. The summed E-state index contributed by atoms with van der Waals surface area (Å²) in [6.07, 6.45) is 1.82.